The van der Waals surface area contributed by atoms with Crippen LogP contribution in [0.25, 0.3) is 5.57 Å². The molecule has 0 fully saturated rings. The third-order valence-corrected chi connectivity index (χ3v) is 3.40. The fourth-order valence-corrected chi connectivity index (χ4v) is 2.73. The normalized spacial score (nSPS) is 14.2. The van der Waals surface area contributed by atoms with Crippen LogP contribution < -0.4 is 0 Å². The lowest BCUT2D eigenvalue weighted by atomic mass is 9.93. The Morgan fingerprint density at radius 2 is 2.06 bits per heavy atom. The van der Waals surface area contributed by atoms with Crippen LogP contribution in [0.1, 0.15) is 43.4 Å². The largest absolute Gasteiger partial charge is 0.0952 e. The summed E-state index contributed by atoms with van der Waals surface area (Å²) in [5, 5.41) is 0. The fourth-order valence-electron chi connectivity index (χ4n) is 2.73. The third-order valence-electron chi connectivity index (χ3n) is 3.40. The molecular weight excluding hydrogens is 192 g/mol. The van der Waals surface area contributed by atoms with Crippen molar-refractivity contribution in [2.75, 3.05) is 0 Å². The maximum Gasteiger partial charge on any atom is -0.00543 e. The summed E-state index contributed by atoms with van der Waals surface area (Å²) >= 11 is 0. The summed E-state index contributed by atoms with van der Waals surface area (Å²) in [6.45, 7) is 10.9. The lowest BCUT2D eigenvalue weighted by Crippen LogP contribution is -1.92. The molecular formula is C16H20. The average Bonchev–Trinajstić information content (AvgIpc) is 2.56. The van der Waals surface area contributed by atoms with Gasteiger partial charge in [0.1, 0.15) is 0 Å². The Kier molecular flexibility index (Phi) is 3.00. The molecule has 0 spiro atoms. The molecule has 0 saturated carbocycles. The van der Waals surface area contributed by atoms with Crippen molar-refractivity contribution in [1.82, 2.24) is 0 Å². The topological polar surface area (TPSA) is 0 Å². The van der Waals surface area contributed by atoms with E-state index in [9.17, 15) is 0 Å². The Bertz CT molecular complexity index is 461. The first-order valence-corrected chi connectivity index (χ1v) is 6.12. The van der Waals surface area contributed by atoms with Gasteiger partial charge in [-0.15, -0.1) is 0 Å². The van der Waals surface area contributed by atoms with Crippen LogP contribution in [-0.4, -0.2) is 0 Å². The van der Waals surface area contributed by atoms with Gasteiger partial charge in [-0.25, -0.2) is 0 Å². The average molecular weight is 212 g/mol. The van der Waals surface area contributed by atoms with Gasteiger partial charge in [0.05, 0.1) is 0 Å². The van der Waals surface area contributed by atoms with Gasteiger partial charge in [0.2, 0.25) is 0 Å². The van der Waals surface area contributed by atoms with Crippen molar-refractivity contribution in [3.05, 3.63) is 52.6 Å². The Balaban J connectivity index is 2.48. The van der Waals surface area contributed by atoms with Crippen LogP contribution in [0.15, 0.2) is 35.9 Å². The number of rotatable bonds is 3. The van der Waals surface area contributed by atoms with Crippen molar-refractivity contribution in [2.45, 2.75) is 40.0 Å². The number of hydrogen-bond donors (Lipinski definition) is 0. The van der Waals surface area contributed by atoms with Gasteiger partial charge in [0, 0.05) is 0 Å². The first-order chi connectivity index (χ1) is 7.65. The molecule has 0 heteroatoms. The minimum atomic E-state index is 1.11. The third kappa shape index (κ3) is 1.73. The van der Waals surface area contributed by atoms with Crippen LogP contribution in [0.4, 0.5) is 0 Å². The smallest absolute Gasteiger partial charge is 0.00543 e. The van der Waals surface area contributed by atoms with E-state index < -0.39 is 0 Å². The van der Waals surface area contributed by atoms with Crippen LogP contribution in [0.3, 0.4) is 0 Å². The minimum absolute atomic E-state index is 1.11. The predicted molar refractivity (Wildman–Crippen MR) is 71.5 cm³/mol. The molecule has 1 aliphatic rings. The second-order valence-electron chi connectivity index (χ2n) is 4.79. The molecule has 0 amide bonds. The van der Waals surface area contributed by atoms with Crippen molar-refractivity contribution in [3.63, 3.8) is 0 Å². The molecule has 1 aromatic carbocycles. The maximum atomic E-state index is 4.26. The number of benzene rings is 1. The van der Waals surface area contributed by atoms with Crippen molar-refractivity contribution >= 4 is 5.57 Å². The summed E-state index contributed by atoms with van der Waals surface area (Å²) in [7, 11) is 0. The van der Waals surface area contributed by atoms with E-state index in [1.165, 1.54) is 39.8 Å². The monoisotopic (exact) mass is 212 g/mol. The van der Waals surface area contributed by atoms with Gasteiger partial charge in [0.25, 0.3) is 0 Å². The van der Waals surface area contributed by atoms with Gasteiger partial charge in [-0.2, -0.15) is 0 Å². The summed E-state index contributed by atoms with van der Waals surface area (Å²) in [6.07, 6.45) is 3.40. The molecule has 0 radical (unpaired) electrons. The predicted octanol–water partition coefficient (Wildman–Crippen LogP) is 4.68. The lowest BCUT2D eigenvalue weighted by molar-refractivity contribution is 0.932. The summed E-state index contributed by atoms with van der Waals surface area (Å²) < 4.78 is 0. The Morgan fingerprint density at radius 3 is 2.75 bits per heavy atom. The molecule has 1 aromatic rings. The van der Waals surface area contributed by atoms with E-state index >= 15 is 0 Å². The van der Waals surface area contributed by atoms with Gasteiger partial charge >= 0.3 is 0 Å². The first kappa shape index (κ1) is 11.2. The molecule has 0 aliphatic heterocycles. The molecule has 0 aromatic heterocycles. The zero-order chi connectivity index (χ0) is 11.7. The molecule has 0 N–H and O–H groups in total. The second kappa shape index (κ2) is 4.29. The van der Waals surface area contributed by atoms with Gasteiger partial charge in [-0.1, -0.05) is 43.7 Å². The fraction of sp³-hybridized carbons (Fsp3) is 0.375. The molecule has 0 bridgehead atoms. The van der Waals surface area contributed by atoms with E-state index in [1.807, 2.05) is 0 Å². The molecule has 1 aliphatic carbocycles. The molecule has 0 unspecified atom stereocenters. The maximum absolute atomic E-state index is 4.26. The molecule has 0 nitrogen and oxygen atoms in total. The number of fused-ring (bicyclic) bond motifs is 1. The Hall–Kier alpha value is -1.30. The van der Waals surface area contributed by atoms with Crippen LogP contribution in [-0.2, 0) is 6.42 Å². The van der Waals surface area contributed by atoms with Crippen molar-refractivity contribution < 1.29 is 0 Å². The molecule has 2 rings (SSSR count). The molecule has 0 saturated heterocycles. The van der Waals surface area contributed by atoms with E-state index in [-0.39, 0.29) is 0 Å². The van der Waals surface area contributed by atoms with Crippen molar-refractivity contribution in [1.29, 1.82) is 0 Å². The van der Waals surface area contributed by atoms with Crippen LogP contribution >= 0.6 is 0 Å². The van der Waals surface area contributed by atoms with Crippen LogP contribution in [0, 0.1) is 6.92 Å². The van der Waals surface area contributed by atoms with E-state index in [1.54, 1.807) is 0 Å². The summed E-state index contributed by atoms with van der Waals surface area (Å²) in [5.41, 5.74) is 8.57. The van der Waals surface area contributed by atoms with Gasteiger partial charge in [-0.3, -0.25) is 0 Å². The molecule has 0 atom stereocenters. The van der Waals surface area contributed by atoms with Crippen molar-refractivity contribution in [3.8, 4) is 0 Å². The highest BCUT2D eigenvalue weighted by molar-refractivity contribution is 5.87. The number of allylic oxidation sites excluding steroid dienone is 3. The highest BCUT2D eigenvalue weighted by Gasteiger charge is 2.21. The standard InChI is InChI=1S/C16H20/c1-5-7-11(2)15-13(4)10-14-9-6-8-12(3)16(14)15/h6,8-9H,2,5,7,10H2,1,3-4H3. The summed E-state index contributed by atoms with van der Waals surface area (Å²) in [6, 6.07) is 6.61. The number of hydrogen-bond acceptors (Lipinski definition) is 0. The van der Waals surface area contributed by atoms with Crippen LogP contribution in [0.2, 0.25) is 0 Å². The SMILES string of the molecule is C=C(CCC)C1=C(C)Cc2cccc(C)c21. The molecule has 16 heavy (non-hydrogen) atoms. The summed E-state index contributed by atoms with van der Waals surface area (Å²) in [4.78, 5) is 0. The Morgan fingerprint density at radius 1 is 1.31 bits per heavy atom. The van der Waals surface area contributed by atoms with Crippen LogP contribution in [0.5, 0.6) is 0 Å². The van der Waals surface area contributed by atoms with Gasteiger partial charge in [0.15, 0.2) is 0 Å². The van der Waals surface area contributed by atoms with E-state index in [0.29, 0.717) is 0 Å². The number of aryl methyl sites for hydroxylation is 1. The second-order valence-corrected chi connectivity index (χ2v) is 4.79. The zero-order valence-electron chi connectivity index (χ0n) is 10.6. The highest BCUT2D eigenvalue weighted by atomic mass is 14.3. The summed E-state index contributed by atoms with van der Waals surface area (Å²) in [5.74, 6) is 0. The minimum Gasteiger partial charge on any atom is -0.0952 e. The van der Waals surface area contributed by atoms with E-state index in [4.69, 9.17) is 0 Å². The van der Waals surface area contributed by atoms with E-state index in [2.05, 4.69) is 45.5 Å². The molecule has 0 heterocycles. The Labute approximate surface area is 98.7 Å². The highest BCUT2D eigenvalue weighted by Crippen LogP contribution is 2.39. The molecule has 84 valence electrons. The van der Waals surface area contributed by atoms with Gasteiger partial charge in [-0.05, 0) is 54.5 Å². The first-order valence-electron chi connectivity index (χ1n) is 6.12. The lowest BCUT2D eigenvalue weighted by Gasteiger charge is -2.12. The zero-order valence-corrected chi connectivity index (χ0v) is 10.6. The quantitative estimate of drug-likeness (QED) is 0.682. The van der Waals surface area contributed by atoms with Gasteiger partial charge < -0.3 is 0 Å². The van der Waals surface area contributed by atoms with Crippen molar-refractivity contribution in [2.24, 2.45) is 0 Å². The van der Waals surface area contributed by atoms with E-state index in [0.717, 1.165) is 12.8 Å².